The van der Waals surface area contributed by atoms with Crippen LogP contribution < -0.4 is 5.32 Å². The summed E-state index contributed by atoms with van der Waals surface area (Å²) in [4.78, 5) is 19.6. The van der Waals surface area contributed by atoms with Gasteiger partial charge in [-0.1, -0.05) is 0 Å². The van der Waals surface area contributed by atoms with Crippen molar-refractivity contribution in [2.75, 3.05) is 6.54 Å². The van der Waals surface area contributed by atoms with E-state index in [0.717, 1.165) is 16.1 Å². The molecule has 2 aromatic heterocycles. The standard InChI is InChI=1S/C13H15N3O2S2/c1-8-11(20-13(19)16-8)6-12(18)15-7-10(17)9-2-4-14-5-3-9/h2-5,10,17H,6-7H2,1H3,(H,15,18)(H,16,19)/t10-/m1/s1. The Labute approximate surface area is 125 Å². The molecule has 106 valence electrons. The second kappa shape index (κ2) is 6.74. The van der Waals surface area contributed by atoms with Crippen molar-refractivity contribution in [3.05, 3.63) is 44.6 Å². The van der Waals surface area contributed by atoms with E-state index in [1.165, 1.54) is 11.3 Å². The highest BCUT2D eigenvalue weighted by Crippen LogP contribution is 2.15. The Morgan fingerprint density at radius 2 is 2.25 bits per heavy atom. The third kappa shape index (κ3) is 3.96. The van der Waals surface area contributed by atoms with Crippen molar-refractivity contribution in [1.29, 1.82) is 0 Å². The third-order valence-corrected chi connectivity index (χ3v) is 4.16. The zero-order valence-corrected chi connectivity index (χ0v) is 12.6. The average molecular weight is 309 g/mol. The molecule has 0 spiro atoms. The molecule has 1 atom stereocenters. The van der Waals surface area contributed by atoms with Crippen LogP contribution in [0.5, 0.6) is 0 Å². The Morgan fingerprint density at radius 3 is 2.85 bits per heavy atom. The highest BCUT2D eigenvalue weighted by atomic mass is 32.1. The number of carbonyl (C=O) groups excluding carboxylic acids is 1. The van der Waals surface area contributed by atoms with Crippen LogP contribution in [0, 0.1) is 10.9 Å². The van der Waals surface area contributed by atoms with Crippen molar-refractivity contribution < 1.29 is 9.90 Å². The summed E-state index contributed by atoms with van der Waals surface area (Å²) in [6, 6.07) is 3.44. The lowest BCUT2D eigenvalue weighted by molar-refractivity contribution is -0.120. The molecule has 2 rings (SSSR count). The number of aliphatic hydroxyl groups is 1. The van der Waals surface area contributed by atoms with Gasteiger partial charge in [0.05, 0.1) is 12.5 Å². The van der Waals surface area contributed by atoms with E-state index < -0.39 is 6.10 Å². The van der Waals surface area contributed by atoms with Gasteiger partial charge in [0, 0.05) is 29.5 Å². The number of rotatable bonds is 5. The van der Waals surface area contributed by atoms with Crippen LogP contribution in [0.15, 0.2) is 24.5 Å². The number of pyridine rings is 1. The molecule has 0 bridgehead atoms. The molecule has 0 saturated carbocycles. The smallest absolute Gasteiger partial charge is 0.225 e. The molecule has 0 aliphatic rings. The van der Waals surface area contributed by atoms with Gasteiger partial charge in [-0.25, -0.2) is 0 Å². The van der Waals surface area contributed by atoms with Crippen LogP contribution in [0.4, 0.5) is 0 Å². The molecule has 0 fully saturated rings. The largest absolute Gasteiger partial charge is 0.387 e. The summed E-state index contributed by atoms with van der Waals surface area (Å²) in [5.41, 5.74) is 1.65. The third-order valence-electron chi connectivity index (χ3n) is 2.83. The molecule has 2 heterocycles. The number of nitrogens with zero attached hydrogens (tertiary/aromatic N) is 1. The fourth-order valence-electron chi connectivity index (χ4n) is 1.73. The van der Waals surface area contributed by atoms with Crippen LogP contribution in [0.1, 0.15) is 22.2 Å². The summed E-state index contributed by atoms with van der Waals surface area (Å²) in [7, 11) is 0. The van der Waals surface area contributed by atoms with Crippen molar-refractivity contribution in [3.8, 4) is 0 Å². The van der Waals surface area contributed by atoms with Crippen molar-refractivity contribution >= 4 is 29.5 Å². The SMILES string of the molecule is Cc1[nH]c(=S)sc1CC(=O)NC[C@@H](O)c1ccncc1. The first kappa shape index (κ1) is 14.8. The van der Waals surface area contributed by atoms with Gasteiger partial charge in [0.15, 0.2) is 3.95 Å². The summed E-state index contributed by atoms with van der Waals surface area (Å²) in [5, 5.41) is 12.6. The van der Waals surface area contributed by atoms with E-state index >= 15 is 0 Å². The molecule has 0 radical (unpaired) electrons. The van der Waals surface area contributed by atoms with E-state index in [2.05, 4.69) is 15.3 Å². The molecule has 0 unspecified atom stereocenters. The van der Waals surface area contributed by atoms with Crippen LogP contribution in [0.25, 0.3) is 0 Å². The van der Waals surface area contributed by atoms with Crippen molar-refractivity contribution in [2.24, 2.45) is 0 Å². The number of H-pyrrole nitrogens is 1. The molecular weight excluding hydrogens is 294 g/mol. The first-order valence-electron chi connectivity index (χ1n) is 6.09. The molecule has 7 heteroatoms. The first-order chi connectivity index (χ1) is 9.56. The normalized spacial score (nSPS) is 12.1. The average Bonchev–Trinajstić information content (AvgIpc) is 2.75. The summed E-state index contributed by atoms with van der Waals surface area (Å²) >= 11 is 6.43. The first-order valence-corrected chi connectivity index (χ1v) is 7.32. The van der Waals surface area contributed by atoms with Gasteiger partial charge in [-0.2, -0.15) is 0 Å². The van der Waals surface area contributed by atoms with Crippen molar-refractivity contribution in [1.82, 2.24) is 15.3 Å². The summed E-state index contributed by atoms with van der Waals surface area (Å²) in [5.74, 6) is -0.133. The van der Waals surface area contributed by atoms with Crippen molar-refractivity contribution in [3.63, 3.8) is 0 Å². The van der Waals surface area contributed by atoms with Gasteiger partial charge >= 0.3 is 0 Å². The van der Waals surface area contributed by atoms with Gasteiger partial charge in [0.2, 0.25) is 5.91 Å². The predicted molar refractivity (Wildman–Crippen MR) is 80.2 cm³/mol. The molecule has 1 amide bonds. The number of hydrogen-bond acceptors (Lipinski definition) is 5. The van der Waals surface area contributed by atoms with Crippen LogP contribution in [0.3, 0.4) is 0 Å². The Hall–Kier alpha value is -1.57. The lowest BCUT2D eigenvalue weighted by Crippen LogP contribution is -2.29. The molecule has 0 aliphatic heterocycles. The predicted octanol–water partition coefficient (Wildman–Crippen LogP) is 1.90. The number of aliphatic hydroxyl groups excluding tert-OH is 1. The Kier molecular flexibility index (Phi) is 4.99. The van der Waals surface area contributed by atoms with Gasteiger partial charge < -0.3 is 15.4 Å². The minimum Gasteiger partial charge on any atom is -0.387 e. The molecule has 0 aromatic carbocycles. The highest BCUT2D eigenvalue weighted by Gasteiger charge is 2.11. The summed E-state index contributed by atoms with van der Waals surface area (Å²) < 4.78 is 0.669. The van der Waals surface area contributed by atoms with Crippen molar-refractivity contribution in [2.45, 2.75) is 19.4 Å². The minimum atomic E-state index is -0.729. The fourth-order valence-corrected chi connectivity index (χ4v) is 3.02. The molecule has 20 heavy (non-hydrogen) atoms. The number of aromatic nitrogens is 2. The quantitative estimate of drug-likeness (QED) is 0.737. The Morgan fingerprint density at radius 1 is 1.55 bits per heavy atom. The van der Waals surface area contributed by atoms with Gasteiger partial charge in [0.1, 0.15) is 0 Å². The minimum absolute atomic E-state index is 0.133. The van der Waals surface area contributed by atoms with E-state index in [1.807, 2.05) is 6.92 Å². The zero-order chi connectivity index (χ0) is 14.5. The highest BCUT2D eigenvalue weighted by molar-refractivity contribution is 7.73. The number of aromatic amines is 1. The molecule has 5 nitrogen and oxygen atoms in total. The summed E-state index contributed by atoms with van der Waals surface area (Å²) in [6.07, 6.45) is 2.76. The van der Waals surface area contributed by atoms with E-state index in [9.17, 15) is 9.90 Å². The second-order valence-corrected chi connectivity index (χ2v) is 6.11. The zero-order valence-electron chi connectivity index (χ0n) is 10.9. The maximum Gasteiger partial charge on any atom is 0.225 e. The molecule has 0 aliphatic carbocycles. The van der Waals surface area contributed by atoms with E-state index in [0.29, 0.717) is 3.95 Å². The molecule has 0 saturated heterocycles. The topological polar surface area (TPSA) is 78.0 Å². The molecule has 3 N–H and O–H groups in total. The van der Waals surface area contributed by atoms with Crippen LogP contribution in [0.2, 0.25) is 0 Å². The van der Waals surface area contributed by atoms with Crippen LogP contribution >= 0.6 is 23.6 Å². The maximum atomic E-state index is 11.8. The Bertz CT molecular complexity index is 637. The summed E-state index contributed by atoms with van der Waals surface area (Å²) in [6.45, 7) is 2.07. The van der Waals surface area contributed by atoms with E-state index in [4.69, 9.17) is 12.2 Å². The fraction of sp³-hybridized carbons (Fsp3) is 0.308. The number of hydrogen-bond donors (Lipinski definition) is 3. The lowest BCUT2D eigenvalue weighted by Gasteiger charge is -2.11. The lowest BCUT2D eigenvalue weighted by atomic mass is 10.1. The van der Waals surface area contributed by atoms with E-state index in [-0.39, 0.29) is 18.9 Å². The molecular formula is C13H15N3O2S2. The number of nitrogens with one attached hydrogen (secondary N) is 2. The maximum absolute atomic E-state index is 11.8. The monoisotopic (exact) mass is 309 g/mol. The van der Waals surface area contributed by atoms with Crippen LogP contribution in [-0.2, 0) is 11.2 Å². The molecule has 2 aromatic rings. The number of amides is 1. The number of aryl methyl sites for hydroxylation is 1. The second-order valence-electron chi connectivity index (χ2n) is 4.34. The van der Waals surface area contributed by atoms with Gasteiger partial charge in [-0.15, -0.1) is 11.3 Å². The van der Waals surface area contributed by atoms with Crippen LogP contribution in [-0.4, -0.2) is 27.5 Å². The Balaban J connectivity index is 1.86. The van der Waals surface area contributed by atoms with Gasteiger partial charge in [-0.3, -0.25) is 9.78 Å². The van der Waals surface area contributed by atoms with Gasteiger partial charge in [0.25, 0.3) is 0 Å². The number of thiazole rings is 1. The van der Waals surface area contributed by atoms with E-state index in [1.54, 1.807) is 24.5 Å². The van der Waals surface area contributed by atoms with Gasteiger partial charge in [-0.05, 0) is 36.8 Å². The number of carbonyl (C=O) groups is 1.